The zero-order valence-electron chi connectivity index (χ0n) is 15.8. The first-order valence-electron chi connectivity index (χ1n) is 8.89. The van der Waals surface area contributed by atoms with Crippen molar-refractivity contribution in [2.24, 2.45) is 0 Å². The summed E-state index contributed by atoms with van der Waals surface area (Å²) in [5.74, 6) is 0.227. The van der Waals surface area contributed by atoms with Gasteiger partial charge in [-0.15, -0.1) is 11.8 Å². The number of rotatable bonds is 8. The Morgan fingerprint density at radius 1 is 1.25 bits per heavy atom. The molecule has 28 heavy (non-hydrogen) atoms. The van der Waals surface area contributed by atoms with Crippen molar-refractivity contribution in [3.63, 3.8) is 0 Å². The molecule has 0 saturated heterocycles. The molecule has 0 atom stereocenters. The Morgan fingerprint density at radius 3 is 2.79 bits per heavy atom. The molecule has 148 valence electrons. The molecule has 0 bridgehead atoms. The first kappa shape index (κ1) is 20.7. The van der Waals surface area contributed by atoms with E-state index in [-0.39, 0.29) is 11.7 Å². The molecular weight excluding hydrogens is 442 g/mol. The van der Waals surface area contributed by atoms with Crippen molar-refractivity contribution in [3.8, 4) is 0 Å². The number of anilines is 1. The normalized spacial score (nSPS) is 11.3. The minimum atomic E-state index is -0.384. The fourth-order valence-corrected chi connectivity index (χ4v) is 4.21. The van der Waals surface area contributed by atoms with Gasteiger partial charge in [0.1, 0.15) is 0 Å². The van der Waals surface area contributed by atoms with Gasteiger partial charge in [0, 0.05) is 40.3 Å². The highest BCUT2D eigenvalue weighted by Crippen LogP contribution is 2.27. The molecule has 1 heterocycles. The maximum atomic E-state index is 12.3. The van der Waals surface area contributed by atoms with Gasteiger partial charge in [-0.25, -0.2) is 4.79 Å². The van der Waals surface area contributed by atoms with Gasteiger partial charge in [-0.1, -0.05) is 12.1 Å². The summed E-state index contributed by atoms with van der Waals surface area (Å²) in [5, 5.41) is 2.90. The van der Waals surface area contributed by atoms with Crippen molar-refractivity contribution in [1.29, 1.82) is 0 Å². The number of thioether (sulfide) groups is 1. The van der Waals surface area contributed by atoms with Crippen LogP contribution < -0.4 is 11.1 Å². The molecule has 6 nitrogen and oxygen atoms in total. The molecule has 0 aliphatic carbocycles. The van der Waals surface area contributed by atoms with Crippen LogP contribution in [0.1, 0.15) is 6.42 Å². The van der Waals surface area contributed by atoms with Crippen molar-refractivity contribution in [3.05, 3.63) is 57.5 Å². The smallest absolute Gasteiger partial charge is 0.408 e. The standard InChI is InChI=1S/C20H22BrN3O3S/c1-23(2)10-11-24-16-13-14(7-8-17(16)27-20(24)26)22-19(25)9-12-28-18-6-4-3-5-15(18)21/h3-8,13H,9-12H2,1-2H3,(H,22,25). The monoisotopic (exact) mass is 463 g/mol. The maximum absolute atomic E-state index is 12.3. The second kappa shape index (κ2) is 9.45. The van der Waals surface area contributed by atoms with E-state index < -0.39 is 0 Å². The number of hydrogen-bond donors (Lipinski definition) is 1. The van der Waals surface area contributed by atoms with Crippen LogP contribution in [-0.2, 0) is 11.3 Å². The Labute approximate surface area is 176 Å². The molecule has 1 N–H and O–H groups in total. The van der Waals surface area contributed by atoms with Crippen LogP contribution in [0.5, 0.6) is 0 Å². The minimum Gasteiger partial charge on any atom is -0.408 e. The van der Waals surface area contributed by atoms with Crippen LogP contribution in [0.4, 0.5) is 5.69 Å². The average Bonchev–Trinajstić information content (AvgIpc) is 2.96. The molecule has 1 amide bonds. The van der Waals surface area contributed by atoms with Crippen LogP contribution in [0.25, 0.3) is 11.1 Å². The Morgan fingerprint density at radius 2 is 2.04 bits per heavy atom. The van der Waals surface area contributed by atoms with Crippen LogP contribution in [0, 0.1) is 0 Å². The van der Waals surface area contributed by atoms with Crippen LogP contribution in [0.15, 0.2) is 61.0 Å². The summed E-state index contributed by atoms with van der Waals surface area (Å²) in [6.07, 6.45) is 0.392. The van der Waals surface area contributed by atoms with Gasteiger partial charge in [0.2, 0.25) is 5.91 Å². The lowest BCUT2D eigenvalue weighted by Gasteiger charge is -2.10. The lowest BCUT2D eigenvalue weighted by molar-refractivity contribution is -0.115. The van der Waals surface area contributed by atoms with Crippen molar-refractivity contribution in [2.75, 3.05) is 31.7 Å². The summed E-state index contributed by atoms with van der Waals surface area (Å²) in [6.45, 7) is 1.25. The third-order valence-electron chi connectivity index (χ3n) is 4.15. The van der Waals surface area contributed by atoms with E-state index in [0.717, 1.165) is 15.9 Å². The first-order chi connectivity index (χ1) is 13.4. The summed E-state index contributed by atoms with van der Waals surface area (Å²) >= 11 is 5.14. The fraction of sp³-hybridized carbons (Fsp3) is 0.300. The average molecular weight is 464 g/mol. The molecule has 0 spiro atoms. The lowest BCUT2D eigenvalue weighted by Crippen LogP contribution is -2.23. The molecule has 0 aliphatic heterocycles. The van der Waals surface area contributed by atoms with Gasteiger partial charge >= 0.3 is 5.76 Å². The number of aromatic nitrogens is 1. The van der Waals surface area contributed by atoms with Crippen molar-refractivity contribution >= 4 is 50.4 Å². The quantitative estimate of drug-likeness (QED) is 0.510. The summed E-state index contributed by atoms with van der Waals surface area (Å²) in [7, 11) is 3.90. The van der Waals surface area contributed by atoms with Gasteiger partial charge in [0.25, 0.3) is 0 Å². The number of nitrogens with one attached hydrogen (secondary N) is 1. The largest absolute Gasteiger partial charge is 0.419 e. The third kappa shape index (κ3) is 5.27. The van der Waals surface area contributed by atoms with E-state index in [4.69, 9.17) is 4.42 Å². The molecule has 0 saturated carbocycles. The van der Waals surface area contributed by atoms with Crippen LogP contribution in [0.3, 0.4) is 0 Å². The summed E-state index contributed by atoms with van der Waals surface area (Å²) in [4.78, 5) is 27.5. The number of likely N-dealkylation sites (N-methyl/N-ethyl adjacent to an activating group) is 1. The van der Waals surface area contributed by atoms with E-state index in [1.54, 1.807) is 34.5 Å². The number of benzene rings is 2. The van der Waals surface area contributed by atoms with Gasteiger partial charge in [-0.2, -0.15) is 0 Å². The second-order valence-electron chi connectivity index (χ2n) is 6.58. The molecular formula is C20H22BrN3O3S. The zero-order valence-corrected chi connectivity index (χ0v) is 18.2. The van der Waals surface area contributed by atoms with E-state index in [2.05, 4.69) is 21.2 Å². The SMILES string of the molecule is CN(C)CCn1c(=O)oc2ccc(NC(=O)CCSc3ccccc3Br)cc21. The fourth-order valence-electron chi connectivity index (χ4n) is 2.69. The van der Waals surface area contributed by atoms with Crippen LogP contribution in [-0.4, -0.2) is 41.8 Å². The predicted molar refractivity (Wildman–Crippen MR) is 117 cm³/mol. The van der Waals surface area contributed by atoms with E-state index in [1.165, 1.54) is 0 Å². The predicted octanol–water partition coefficient (Wildman–Crippen LogP) is 4.04. The number of halogens is 1. The molecule has 0 aliphatic rings. The summed E-state index contributed by atoms with van der Waals surface area (Å²) < 4.78 is 7.91. The maximum Gasteiger partial charge on any atom is 0.419 e. The number of carbonyl (C=O) groups excluding carboxylic acids is 1. The number of hydrogen-bond acceptors (Lipinski definition) is 5. The van der Waals surface area contributed by atoms with Gasteiger partial charge in [-0.3, -0.25) is 9.36 Å². The molecule has 2 aromatic carbocycles. The van der Waals surface area contributed by atoms with Gasteiger partial charge in [0.05, 0.1) is 5.52 Å². The van der Waals surface area contributed by atoms with Crippen molar-refractivity contribution in [2.45, 2.75) is 17.9 Å². The zero-order chi connectivity index (χ0) is 20.1. The van der Waals surface area contributed by atoms with Gasteiger partial charge in [-0.05, 0) is 60.4 Å². The van der Waals surface area contributed by atoms with Crippen molar-refractivity contribution in [1.82, 2.24) is 9.47 Å². The number of nitrogens with zero attached hydrogens (tertiary/aromatic N) is 2. The Balaban J connectivity index is 1.63. The van der Waals surface area contributed by atoms with Gasteiger partial charge < -0.3 is 14.6 Å². The topological polar surface area (TPSA) is 67.5 Å². The lowest BCUT2D eigenvalue weighted by atomic mass is 10.2. The Hall–Kier alpha value is -2.03. The molecule has 0 unspecified atom stereocenters. The van der Waals surface area contributed by atoms with Crippen LogP contribution >= 0.6 is 27.7 Å². The van der Waals surface area contributed by atoms with Gasteiger partial charge in [0.15, 0.2) is 5.58 Å². The molecule has 1 aromatic heterocycles. The third-order valence-corrected chi connectivity index (χ3v) is 6.17. The number of carbonyl (C=O) groups is 1. The molecule has 3 aromatic rings. The highest BCUT2D eigenvalue weighted by Gasteiger charge is 2.11. The van der Waals surface area contributed by atoms with Crippen LogP contribution in [0.2, 0.25) is 0 Å². The number of fused-ring (bicyclic) bond motifs is 1. The van der Waals surface area contributed by atoms with E-state index in [1.807, 2.05) is 43.3 Å². The first-order valence-corrected chi connectivity index (χ1v) is 10.7. The minimum absolute atomic E-state index is 0.0652. The highest BCUT2D eigenvalue weighted by molar-refractivity contribution is 9.10. The molecule has 3 rings (SSSR count). The van der Waals surface area contributed by atoms with E-state index in [0.29, 0.717) is 35.5 Å². The molecule has 8 heteroatoms. The highest BCUT2D eigenvalue weighted by atomic mass is 79.9. The molecule has 0 fully saturated rings. The Kier molecular flexibility index (Phi) is 6.98. The summed E-state index contributed by atoms with van der Waals surface area (Å²) in [5.41, 5.74) is 1.86. The van der Waals surface area contributed by atoms with E-state index in [9.17, 15) is 9.59 Å². The number of oxazole rings is 1. The molecule has 0 radical (unpaired) electrons. The summed E-state index contributed by atoms with van der Waals surface area (Å²) in [6, 6.07) is 13.2. The number of amides is 1. The second-order valence-corrected chi connectivity index (χ2v) is 8.57. The van der Waals surface area contributed by atoms with Crippen molar-refractivity contribution < 1.29 is 9.21 Å². The Bertz CT molecular complexity index is 1030. The van der Waals surface area contributed by atoms with E-state index >= 15 is 0 Å².